The molecule has 1 rings (SSSR count). The van der Waals surface area contributed by atoms with Crippen LogP contribution < -0.4 is 16.4 Å². The molecule has 1 aliphatic heterocycles. The highest BCUT2D eigenvalue weighted by atomic mass is 32.2. The molecule has 80 valence electrons. The molecule has 5 nitrogen and oxygen atoms in total. The lowest BCUT2D eigenvalue weighted by Gasteiger charge is -2.25. The number of ketones is 1. The van der Waals surface area contributed by atoms with E-state index >= 15 is 0 Å². The standard InChI is InChI=1S/C8H15N3O2S/c1-5-10-6(7(12)2-9)3-14-4-8(13)11-5/h5-6,10H,2-4,9H2,1H3,(H,11,13)/t5?,6-/m0/s1. The third kappa shape index (κ3) is 3.28. The topological polar surface area (TPSA) is 84.2 Å². The highest BCUT2D eigenvalue weighted by Gasteiger charge is 2.22. The molecule has 1 fully saturated rings. The van der Waals surface area contributed by atoms with Gasteiger partial charge >= 0.3 is 0 Å². The van der Waals surface area contributed by atoms with E-state index in [0.29, 0.717) is 11.5 Å². The second-order valence-corrected chi connectivity index (χ2v) is 4.22. The van der Waals surface area contributed by atoms with Crippen molar-refractivity contribution in [2.24, 2.45) is 5.73 Å². The Kier molecular flexibility index (Phi) is 4.37. The van der Waals surface area contributed by atoms with Gasteiger partial charge in [-0.25, -0.2) is 0 Å². The molecule has 1 saturated heterocycles. The lowest BCUT2D eigenvalue weighted by atomic mass is 10.2. The molecule has 6 heteroatoms. The van der Waals surface area contributed by atoms with Gasteiger partial charge in [-0.15, -0.1) is 11.8 Å². The first kappa shape index (κ1) is 11.5. The van der Waals surface area contributed by atoms with Crippen molar-refractivity contribution < 1.29 is 9.59 Å². The summed E-state index contributed by atoms with van der Waals surface area (Å²) in [4.78, 5) is 22.5. The van der Waals surface area contributed by atoms with E-state index in [1.165, 1.54) is 11.8 Å². The van der Waals surface area contributed by atoms with E-state index < -0.39 is 0 Å². The van der Waals surface area contributed by atoms with Gasteiger partial charge in [0.2, 0.25) is 5.91 Å². The summed E-state index contributed by atoms with van der Waals surface area (Å²) in [6.45, 7) is 1.85. The first-order valence-corrected chi connectivity index (χ1v) is 5.65. The second-order valence-electron chi connectivity index (χ2n) is 3.19. The van der Waals surface area contributed by atoms with E-state index in [2.05, 4.69) is 10.6 Å². The zero-order chi connectivity index (χ0) is 10.6. The van der Waals surface area contributed by atoms with Crippen LogP contribution in [0.4, 0.5) is 0 Å². The number of thioether (sulfide) groups is 1. The van der Waals surface area contributed by atoms with Crippen molar-refractivity contribution in [1.82, 2.24) is 10.6 Å². The molecular formula is C8H15N3O2S. The summed E-state index contributed by atoms with van der Waals surface area (Å²) in [5.41, 5.74) is 5.28. The predicted molar refractivity (Wildman–Crippen MR) is 55.9 cm³/mol. The van der Waals surface area contributed by atoms with Crippen LogP contribution >= 0.6 is 11.8 Å². The fourth-order valence-corrected chi connectivity index (χ4v) is 2.18. The van der Waals surface area contributed by atoms with E-state index in [9.17, 15) is 9.59 Å². The normalized spacial score (nSPS) is 28.9. The highest BCUT2D eigenvalue weighted by molar-refractivity contribution is 8.00. The Balaban J connectivity index is 2.54. The number of hydrogen-bond donors (Lipinski definition) is 3. The molecule has 0 aromatic heterocycles. The Labute approximate surface area is 87.2 Å². The smallest absolute Gasteiger partial charge is 0.231 e. The summed E-state index contributed by atoms with van der Waals surface area (Å²) in [5, 5.41) is 5.74. The monoisotopic (exact) mass is 217 g/mol. The molecule has 0 saturated carbocycles. The predicted octanol–water partition coefficient (Wildman–Crippen LogP) is -1.32. The molecule has 0 bridgehead atoms. The van der Waals surface area contributed by atoms with Gasteiger partial charge in [-0.2, -0.15) is 0 Å². The average Bonchev–Trinajstić information content (AvgIpc) is 2.12. The lowest BCUT2D eigenvalue weighted by molar-refractivity contribution is -0.122. The summed E-state index contributed by atoms with van der Waals surface area (Å²) in [6.07, 6.45) is -0.177. The van der Waals surface area contributed by atoms with Crippen molar-refractivity contribution in [1.29, 1.82) is 0 Å². The van der Waals surface area contributed by atoms with Crippen LogP contribution in [0.3, 0.4) is 0 Å². The SMILES string of the molecule is CC1NC(=O)CSC[C@@H](C(=O)CN)N1. The fourth-order valence-electron chi connectivity index (χ4n) is 1.27. The maximum atomic E-state index is 11.3. The minimum atomic E-state index is -0.249. The number of carbonyl (C=O) groups excluding carboxylic acids is 2. The lowest BCUT2D eigenvalue weighted by Crippen LogP contribution is -2.54. The number of nitrogens with two attached hydrogens (primary N) is 1. The maximum Gasteiger partial charge on any atom is 0.231 e. The quantitative estimate of drug-likeness (QED) is 0.534. The van der Waals surface area contributed by atoms with E-state index in [-0.39, 0.29) is 30.4 Å². The van der Waals surface area contributed by atoms with Crippen molar-refractivity contribution in [3.8, 4) is 0 Å². The average molecular weight is 217 g/mol. The molecule has 4 N–H and O–H groups in total. The van der Waals surface area contributed by atoms with Gasteiger partial charge in [0.05, 0.1) is 24.5 Å². The number of hydrogen-bond acceptors (Lipinski definition) is 5. The number of nitrogens with one attached hydrogen (secondary N) is 2. The van der Waals surface area contributed by atoms with E-state index in [0.717, 1.165) is 0 Å². The summed E-state index contributed by atoms with van der Waals surface area (Å²) in [6, 6.07) is -0.249. The van der Waals surface area contributed by atoms with E-state index in [1.807, 2.05) is 6.92 Å². The number of carbonyl (C=O) groups is 2. The van der Waals surface area contributed by atoms with Crippen LogP contribution in [0.25, 0.3) is 0 Å². The van der Waals surface area contributed by atoms with Crippen molar-refractivity contribution in [2.75, 3.05) is 18.1 Å². The van der Waals surface area contributed by atoms with Crippen LogP contribution in [0.1, 0.15) is 6.92 Å². The van der Waals surface area contributed by atoms with E-state index in [1.54, 1.807) is 0 Å². The van der Waals surface area contributed by atoms with Crippen LogP contribution in [0.2, 0.25) is 0 Å². The molecule has 1 heterocycles. The molecule has 1 amide bonds. The van der Waals surface area contributed by atoms with Crippen LogP contribution in [0, 0.1) is 0 Å². The summed E-state index contributed by atoms with van der Waals surface area (Å²) in [7, 11) is 0. The zero-order valence-electron chi connectivity index (χ0n) is 8.08. The first-order valence-electron chi connectivity index (χ1n) is 4.49. The summed E-state index contributed by atoms with van der Waals surface area (Å²) >= 11 is 1.44. The second kappa shape index (κ2) is 5.33. The van der Waals surface area contributed by atoms with Gasteiger partial charge in [0.1, 0.15) is 0 Å². The van der Waals surface area contributed by atoms with E-state index in [4.69, 9.17) is 5.73 Å². The largest absolute Gasteiger partial charge is 0.340 e. The molecule has 0 radical (unpaired) electrons. The summed E-state index contributed by atoms with van der Waals surface area (Å²) in [5.74, 6) is 0.989. The van der Waals surface area contributed by atoms with Crippen molar-refractivity contribution in [3.05, 3.63) is 0 Å². The van der Waals surface area contributed by atoms with Crippen molar-refractivity contribution >= 4 is 23.5 Å². The molecule has 0 aromatic rings. The molecular weight excluding hydrogens is 202 g/mol. The zero-order valence-corrected chi connectivity index (χ0v) is 8.89. The summed E-state index contributed by atoms with van der Waals surface area (Å²) < 4.78 is 0. The van der Waals surface area contributed by atoms with Gasteiger partial charge in [-0.3, -0.25) is 14.9 Å². The number of Topliss-reactive ketones (excluding diaryl/α,β-unsaturated/α-hetero) is 1. The van der Waals surface area contributed by atoms with Crippen molar-refractivity contribution in [3.63, 3.8) is 0 Å². The Morgan fingerprint density at radius 1 is 1.71 bits per heavy atom. The van der Waals surface area contributed by atoms with Crippen LogP contribution in [0.15, 0.2) is 0 Å². The highest BCUT2D eigenvalue weighted by Crippen LogP contribution is 2.06. The molecule has 0 spiro atoms. The Hall–Kier alpha value is -0.590. The molecule has 0 aromatic carbocycles. The van der Waals surface area contributed by atoms with Gasteiger partial charge in [0.25, 0.3) is 0 Å². The molecule has 1 aliphatic rings. The van der Waals surface area contributed by atoms with Crippen LogP contribution in [-0.2, 0) is 9.59 Å². The minimum Gasteiger partial charge on any atom is -0.340 e. The maximum absolute atomic E-state index is 11.3. The van der Waals surface area contributed by atoms with Gasteiger partial charge < -0.3 is 11.1 Å². The molecule has 2 atom stereocenters. The number of amides is 1. The minimum absolute atomic E-state index is 0.00588. The molecule has 0 aliphatic carbocycles. The Morgan fingerprint density at radius 2 is 2.43 bits per heavy atom. The fraction of sp³-hybridized carbons (Fsp3) is 0.750. The van der Waals surface area contributed by atoms with Crippen LogP contribution in [-0.4, -0.2) is 41.9 Å². The first-order chi connectivity index (χ1) is 6.63. The Morgan fingerprint density at radius 3 is 3.07 bits per heavy atom. The Bertz CT molecular complexity index is 235. The molecule has 1 unspecified atom stereocenters. The van der Waals surface area contributed by atoms with Crippen molar-refractivity contribution in [2.45, 2.75) is 19.1 Å². The molecule has 14 heavy (non-hydrogen) atoms. The van der Waals surface area contributed by atoms with Gasteiger partial charge in [-0.1, -0.05) is 0 Å². The van der Waals surface area contributed by atoms with Crippen LogP contribution in [0.5, 0.6) is 0 Å². The third-order valence-electron chi connectivity index (χ3n) is 1.94. The van der Waals surface area contributed by atoms with Gasteiger partial charge in [0.15, 0.2) is 5.78 Å². The van der Waals surface area contributed by atoms with Gasteiger partial charge in [0, 0.05) is 5.75 Å². The number of rotatable bonds is 2. The third-order valence-corrected chi connectivity index (χ3v) is 2.97. The van der Waals surface area contributed by atoms with Gasteiger partial charge in [-0.05, 0) is 6.92 Å².